The minimum Gasteiger partial charge on any atom is -0.357 e. The molecule has 0 aliphatic carbocycles. The second-order valence-electron chi connectivity index (χ2n) is 1.85. The van der Waals surface area contributed by atoms with E-state index in [0.717, 1.165) is 6.42 Å². The summed E-state index contributed by atoms with van der Waals surface area (Å²) in [6, 6.07) is 0. The van der Waals surface area contributed by atoms with Crippen molar-refractivity contribution in [1.82, 2.24) is 5.32 Å². The molecule has 0 radical (unpaired) electrons. The molecule has 2 nitrogen and oxygen atoms in total. The van der Waals surface area contributed by atoms with E-state index < -0.39 is 0 Å². The van der Waals surface area contributed by atoms with Gasteiger partial charge in [0.15, 0.2) is 5.62 Å². The Balaban J connectivity index is 2.52. The molecule has 0 aromatic carbocycles. The molecule has 0 aromatic rings. The molecule has 0 saturated carbocycles. The molecule has 1 rings (SSSR count). The first kappa shape index (κ1) is 6.62. The Morgan fingerprint density at radius 1 is 1.89 bits per heavy atom. The van der Waals surface area contributed by atoms with Crippen molar-refractivity contribution in [3.05, 3.63) is 11.8 Å². The van der Waals surface area contributed by atoms with Crippen LogP contribution in [0.5, 0.6) is 0 Å². The molecule has 1 atom stereocenters. The van der Waals surface area contributed by atoms with Crippen LogP contribution >= 0.6 is 11.6 Å². The number of hydrogen-bond acceptors (Lipinski definition) is 2. The SMILES string of the molecule is CCC1=CNC(Cl)N=C1. The minimum atomic E-state index is -0.264. The van der Waals surface area contributed by atoms with E-state index in [9.17, 15) is 0 Å². The summed E-state index contributed by atoms with van der Waals surface area (Å²) in [5.74, 6) is 0. The van der Waals surface area contributed by atoms with Gasteiger partial charge in [0.25, 0.3) is 0 Å². The predicted molar refractivity (Wildman–Crippen MR) is 39.6 cm³/mol. The fraction of sp³-hybridized carbons (Fsp3) is 0.500. The molecule has 0 fully saturated rings. The van der Waals surface area contributed by atoms with Crippen LogP contribution in [-0.2, 0) is 0 Å². The zero-order valence-corrected chi connectivity index (χ0v) is 6.02. The zero-order valence-electron chi connectivity index (χ0n) is 5.26. The average molecular weight is 145 g/mol. The van der Waals surface area contributed by atoms with Crippen molar-refractivity contribution in [2.45, 2.75) is 19.0 Å². The molecular weight excluding hydrogens is 136 g/mol. The van der Waals surface area contributed by atoms with Crippen LogP contribution in [0.2, 0.25) is 0 Å². The van der Waals surface area contributed by atoms with Gasteiger partial charge < -0.3 is 5.32 Å². The van der Waals surface area contributed by atoms with Gasteiger partial charge in [-0.1, -0.05) is 18.5 Å². The number of alkyl halides is 1. The maximum absolute atomic E-state index is 5.59. The predicted octanol–water partition coefficient (Wildman–Crippen LogP) is 1.48. The Labute approximate surface area is 59.6 Å². The second kappa shape index (κ2) is 2.87. The fourth-order valence-electron chi connectivity index (χ4n) is 0.611. The standard InChI is InChI=1S/C6H9ClN2/c1-2-5-3-8-6(7)9-4-5/h3-4,6,8H,2H2,1H3. The van der Waals surface area contributed by atoms with E-state index in [1.54, 1.807) is 6.21 Å². The molecule has 0 aromatic heterocycles. The third kappa shape index (κ3) is 1.72. The summed E-state index contributed by atoms with van der Waals surface area (Å²) in [7, 11) is 0. The minimum absolute atomic E-state index is 0.264. The molecule has 0 amide bonds. The summed E-state index contributed by atoms with van der Waals surface area (Å²) in [6.07, 6.45) is 4.69. The number of hydrogen-bond donors (Lipinski definition) is 1. The van der Waals surface area contributed by atoms with Gasteiger partial charge in [0.2, 0.25) is 0 Å². The molecule has 0 saturated heterocycles. The van der Waals surface area contributed by atoms with Crippen LogP contribution in [0.3, 0.4) is 0 Å². The van der Waals surface area contributed by atoms with Gasteiger partial charge in [-0.2, -0.15) is 0 Å². The van der Waals surface area contributed by atoms with Crippen molar-refractivity contribution in [3.8, 4) is 0 Å². The lowest BCUT2D eigenvalue weighted by atomic mass is 10.2. The summed E-state index contributed by atoms with van der Waals surface area (Å²) in [6.45, 7) is 2.08. The molecule has 1 aliphatic heterocycles. The van der Waals surface area contributed by atoms with E-state index in [4.69, 9.17) is 11.6 Å². The highest BCUT2D eigenvalue weighted by atomic mass is 35.5. The maximum Gasteiger partial charge on any atom is 0.194 e. The molecule has 1 aliphatic rings. The Morgan fingerprint density at radius 2 is 2.67 bits per heavy atom. The van der Waals surface area contributed by atoms with E-state index >= 15 is 0 Å². The first-order valence-electron chi connectivity index (χ1n) is 2.95. The average Bonchev–Trinajstić information content (AvgIpc) is 1.90. The molecule has 9 heavy (non-hydrogen) atoms. The summed E-state index contributed by atoms with van der Waals surface area (Å²) in [5, 5.41) is 2.89. The van der Waals surface area contributed by atoms with Crippen molar-refractivity contribution in [2.75, 3.05) is 0 Å². The number of nitrogens with one attached hydrogen (secondary N) is 1. The number of allylic oxidation sites excluding steroid dienone is 1. The zero-order chi connectivity index (χ0) is 6.69. The summed E-state index contributed by atoms with van der Waals surface area (Å²) >= 11 is 5.59. The Hall–Kier alpha value is -0.500. The highest BCUT2D eigenvalue weighted by Crippen LogP contribution is 2.03. The van der Waals surface area contributed by atoms with E-state index in [0.29, 0.717) is 0 Å². The van der Waals surface area contributed by atoms with Crippen LogP contribution in [0.15, 0.2) is 16.8 Å². The Bertz CT molecular complexity index is 151. The quantitative estimate of drug-likeness (QED) is 0.438. The molecule has 0 spiro atoms. The lowest BCUT2D eigenvalue weighted by Crippen LogP contribution is -2.19. The van der Waals surface area contributed by atoms with Gasteiger partial charge in [0.1, 0.15) is 0 Å². The molecular formula is C6H9ClN2. The van der Waals surface area contributed by atoms with E-state index in [1.807, 2.05) is 6.20 Å². The summed E-state index contributed by atoms with van der Waals surface area (Å²) in [5.41, 5.74) is 0.923. The van der Waals surface area contributed by atoms with Crippen molar-refractivity contribution < 1.29 is 0 Å². The van der Waals surface area contributed by atoms with Gasteiger partial charge in [-0.3, -0.25) is 4.99 Å². The summed E-state index contributed by atoms with van der Waals surface area (Å²) in [4.78, 5) is 3.94. The van der Waals surface area contributed by atoms with Gasteiger partial charge in [0.05, 0.1) is 0 Å². The van der Waals surface area contributed by atoms with Gasteiger partial charge >= 0.3 is 0 Å². The van der Waals surface area contributed by atoms with Gasteiger partial charge in [-0.25, -0.2) is 0 Å². The monoisotopic (exact) mass is 144 g/mol. The lowest BCUT2D eigenvalue weighted by Gasteiger charge is -2.10. The number of nitrogens with zero attached hydrogens (tertiary/aromatic N) is 1. The Kier molecular flexibility index (Phi) is 2.11. The third-order valence-electron chi connectivity index (χ3n) is 1.19. The van der Waals surface area contributed by atoms with Gasteiger partial charge in [-0.15, -0.1) is 0 Å². The molecule has 0 bridgehead atoms. The molecule has 1 N–H and O–H groups in total. The fourth-order valence-corrected chi connectivity index (χ4v) is 0.730. The van der Waals surface area contributed by atoms with Crippen LogP contribution in [0.1, 0.15) is 13.3 Å². The summed E-state index contributed by atoms with van der Waals surface area (Å²) < 4.78 is 0. The Morgan fingerprint density at radius 3 is 3.11 bits per heavy atom. The van der Waals surface area contributed by atoms with E-state index in [2.05, 4.69) is 17.2 Å². The molecule has 1 heterocycles. The third-order valence-corrected chi connectivity index (χ3v) is 1.42. The van der Waals surface area contributed by atoms with Crippen LogP contribution in [0.25, 0.3) is 0 Å². The maximum atomic E-state index is 5.59. The smallest absolute Gasteiger partial charge is 0.194 e. The van der Waals surface area contributed by atoms with E-state index in [-0.39, 0.29) is 5.62 Å². The lowest BCUT2D eigenvalue weighted by molar-refractivity contribution is 0.791. The van der Waals surface area contributed by atoms with Crippen LogP contribution < -0.4 is 5.32 Å². The second-order valence-corrected chi connectivity index (χ2v) is 2.27. The van der Waals surface area contributed by atoms with Crippen LogP contribution in [-0.4, -0.2) is 11.8 Å². The molecule has 1 unspecified atom stereocenters. The number of rotatable bonds is 1. The van der Waals surface area contributed by atoms with Crippen LogP contribution in [0.4, 0.5) is 0 Å². The first-order chi connectivity index (χ1) is 4.33. The number of aliphatic imine (C=N–C) groups is 1. The van der Waals surface area contributed by atoms with Crippen molar-refractivity contribution in [3.63, 3.8) is 0 Å². The highest BCUT2D eigenvalue weighted by Gasteiger charge is 2.01. The van der Waals surface area contributed by atoms with Gasteiger partial charge in [0, 0.05) is 12.4 Å². The van der Waals surface area contributed by atoms with Crippen molar-refractivity contribution in [2.24, 2.45) is 4.99 Å². The molecule has 3 heteroatoms. The largest absolute Gasteiger partial charge is 0.357 e. The van der Waals surface area contributed by atoms with Crippen molar-refractivity contribution >= 4 is 17.8 Å². The van der Waals surface area contributed by atoms with Crippen LogP contribution in [0, 0.1) is 0 Å². The number of halogens is 1. The van der Waals surface area contributed by atoms with Crippen molar-refractivity contribution in [1.29, 1.82) is 0 Å². The first-order valence-corrected chi connectivity index (χ1v) is 3.39. The molecule has 50 valence electrons. The van der Waals surface area contributed by atoms with E-state index in [1.165, 1.54) is 5.57 Å². The van der Waals surface area contributed by atoms with Gasteiger partial charge in [-0.05, 0) is 12.0 Å². The highest BCUT2D eigenvalue weighted by molar-refractivity contribution is 6.20. The topological polar surface area (TPSA) is 24.4 Å². The normalized spacial score (nSPS) is 25.1.